The largest absolute Gasteiger partial charge is 0.383 e. The Hall–Kier alpha value is -4.20. The molecular formula is C29H30FN7O2. The van der Waals surface area contributed by atoms with Crippen LogP contribution >= 0.6 is 0 Å². The number of aromatic nitrogens is 4. The fraction of sp³-hybridized carbons (Fsp3) is 0.345. The van der Waals surface area contributed by atoms with Crippen LogP contribution in [0.15, 0.2) is 59.5 Å². The highest BCUT2D eigenvalue weighted by molar-refractivity contribution is 5.86. The van der Waals surface area contributed by atoms with Crippen molar-refractivity contribution in [2.75, 3.05) is 31.7 Å². The maximum absolute atomic E-state index is 13.9. The van der Waals surface area contributed by atoms with Gasteiger partial charge >= 0.3 is 5.69 Å². The van der Waals surface area contributed by atoms with E-state index in [0.717, 1.165) is 16.8 Å². The number of fused-ring (bicyclic) bond motifs is 1. The van der Waals surface area contributed by atoms with E-state index in [1.807, 2.05) is 25.3 Å². The number of anilines is 1. The third-order valence-electron chi connectivity index (χ3n) is 7.30. The van der Waals surface area contributed by atoms with E-state index in [1.165, 1.54) is 16.7 Å². The van der Waals surface area contributed by atoms with Crippen LogP contribution in [-0.4, -0.2) is 63.3 Å². The molecule has 0 amide bonds. The lowest BCUT2D eigenvalue weighted by molar-refractivity contribution is 0.0508. The van der Waals surface area contributed by atoms with Gasteiger partial charge in [-0.1, -0.05) is 18.2 Å². The van der Waals surface area contributed by atoms with Crippen LogP contribution in [0.4, 0.5) is 10.2 Å². The van der Waals surface area contributed by atoms with E-state index in [-0.39, 0.29) is 29.6 Å². The van der Waals surface area contributed by atoms with Crippen molar-refractivity contribution in [2.45, 2.75) is 32.0 Å². The van der Waals surface area contributed by atoms with E-state index in [4.69, 9.17) is 9.72 Å². The standard InChI is InChI=1S/C29H30FN7O2/c1-18-5-11-24(32-14-18)27(20-6-8-21(30)9-7-20)37-15-19(2)36(16-23(37)17-39-4)28-26-25(35(3)29(38)34-28)12-10-22(13-31)33-26/h5-12,14,19,23,27H,15-17H2,1-4H3/t19-,23-,27?/m0/s1. The molecule has 0 bridgehead atoms. The van der Waals surface area contributed by atoms with E-state index >= 15 is 0 Å². The van der Waals surface area contributed by atoms with Gasteiger partial charge < -0.3 is 9.64 Å². The lowest BCUT2D eigenvalue weighted by Crippen LogP contribution is -2.60. The van der Waals surface area contributed by atoms with Gasteiger partial charge in [0.05, 0.1) is 29.9 Å². The van der Waals surface area contributed by atoms with Crippen molar-refractivity contribution < 1.29 is 9.13 Å². The summed E-state index contributed by atoms with van der Waals surface area (Å²) in [7, 11) is 3.30. The Bertz CT molecular complexity index is 1540. The number of aryl methyl sites for hydroxylation is 2. The molecule has 3 atom stereocenters. The number of pyridine rings is 2. The Balaban J connectivity index is 1.59. The summed E-state index contributed by atoms with van der Waals surface area (Å²) >= 11 is 0. The van der Waals surface area contributed by atoms with Crippen molar-refractivity contribution >= 4 is 16.9 Å². The van der Waals surface area contributed by atoms with Crippen LogP contribution in [0.25, 0.3) is 11.0 Å². The maximum Gasteiger partial charge on any atom is 0.349 e. The molecule has 1 fully saturated rings. The summed E-state index contributed by atoms with van der Waals surface area (Å²) in [6.45, 7) is 5.55. The van der Waals surface area contributed by atoms with Crippen LogP contribution in [0.2, 0.25) is 0 Å². The lowest BCUT2D eigenvalue weighted by atomic mass is 9.96. The first kappa shape index (κ1) is 26.4. The number of ether oxygens (including phenoxy) is 1. The molecule has 0 N–H and O–H groups in total. The molecular weight excluding hydrogens is 497 g/mol. The average molecular weight is 528 g/mol. The first-order valence-electron chi connectivity index (χ1n) is 12.8. The Morgan fingerprint density at radius 2 is 1.90 bits per heavy atom. The predicted molar refractivity (Wildman–Crippen MR) is 146 cm³/mol. The monoisotopic (exact) mass is 527 g/mol. The van der Waals surface area contributed by atoms with E-state index in [9.17, 15) is 14.4 Å². The van der Waals surface area contributed by atoms with Gasteiger partial charge in [0.15, 0.2) is 5.82 Å². The third-order valence-corrected chi connectivity index (χ3v) is 7.30. The number of hydrogen-bond donors (Lipinski definition) is 0. The van der Waals surface area contributed by atoms with E-state index < -0.39 is 5.69 Å². The third kappa shape index (κ3) is 5.11. The number of rotatable bonds is 6. The Labute approximate surface area is 226 Å². The predicted octanol–water partition coefficient (Wildman–Crippen LogP) is 3.36. The highest BCUT2D eigenvalue weighted by Gasteiger charge is 2.39. The molecule has 200 valence electrons. The number of methoxy groups -OCH3 is 1. The Kier molecular flexibility index (Phi) is 7.37. The second-order valence-corrected chi connectivity index (χ2v) is 9.97. The molecule has 0 saturated carbocycles. The van der Waals surface area contributed by atoms with Crippen molar-refractivity contribution in [1.82, 2.24) is 24.4 Å². The molecule has 1 saturated heterocycles. The van der Waals surface area contributed by atoms with Gasteiger partial charge in [-0.15, -0.1) is 0 Å². The average Bonchev–Trinajstić information content (AvgIpc) is 2.94. The normalized spacial score (nSPS) is 18.7. The molecule has 4 aromatic rings. The molecule has 0 spiro atoms. The highest BCUT2D eigenvalue weighted by Crippen LogP contribution is 2.35. The number of benzene rings is 1. The molecule has 39 heavy (non-hydrogen) atoms. The van der Waals surface area contributed by atoms with Gasteiger partial charge in [0.1, 0.15) is 23.1 Å². The van der Waals surface area contributed by atoms with Crippen LogP contribution in [0, 0.1) is 24.1 Å². The van der Waals surface area contributed by atoms with E-state index in [0.29, 0.717) is 36.5 Å². The minimum Gasteiger partial charge on any atom is -0.383 e. The van der Waals surface area contributed by atoms with Gasteiger partial charge in [0, 0.05) is 39.5 Å². The fourth-order valence-corrected chi connectivity index (χ4v) is 5.31. The van der Waals surface area contributed by atoms with Crippen molar-refractivity contribution in [2.24, 2.45) is 7.05 Å². The molecule has 4 heterocycles. The Morgan fingerprint density at radius 3 is 2.56 bits per heavy atom. The van der Waals surface area contributed by atoms with Gasteiger partial charge in [-0.2, -0.15) is 10.2 Å². The summed E-state index contributed by atoms with van der Waals surface area (Å²) < 4.78 is 21.0. The summed E-state index contributed by atoms with van der Waals surface area (Å²) in [6.07, 6.45) is 1.84. The fourth-order valence-electron chi connectivity index (χ4n) is 5.31. The molecule has 9 nitrogen and oxygen atoms in total. The summed E-state index contributed by atoms with van der Waals surface area (Å²) in [6, 6.07) is 15.5. The maximum atomic E-state index is 13.9. The minimum absolute atomic E-state index is 0.0816. The smallest absolute Gasteiger partial charge is 0.349 e. The van der Waals surface area contributed by atoms with Gasteiger partial charge in [0.25, 0.3) is 0 Å². The molecule has 1 aliphatic rings. The molecule has 1 aromatic carbocycles. The van der Waals surface area contributed by atoms with Crippen molar-refractivity contribution in [3.63, 3.8) is 0 Å². The molecule has 1 aliphatic heterocycles. The van der Waals surface area contributed by atoms with Crippen LogP contribution in [-0.2, 0) is 11.8 Å². The lowest BCUT2D eigenvalue weighted by Gasteiger charge is -2.48. The first-order valence-corrected chi connectivity index (χ1v) is 12.8. The van der Waals surface area contributed by atoms with Crippen LogP contribution in [0.1, 0.15) is 35.5 Å². The van der Waals surface area contributed by atoms with Crippen molar-refractivity contribution in [3.8, 4) is 6.07 Å². The van der Waals surface area contributed by atoms with Crippen molar-refractivity contribution in [3.05, 3.63) is 93.5 Å². The van der Waals surface area contributed by atoms with Gasteiger partial charge in [0.2, 0.25) is 0 Å². The molecule has 1 unspecified atom stereocenters. The van der Waals surface area contributed by atoms with Gasteiger partial charge in [-0.05, 0) is 55.3 Å². The zero-order valence-corrected chi connectivity index (χ0v) is 22.4. The second kappa shape index (κ2) is 10.9. The van der Waals surface area contributed by atoms with E-state index in [2.05, 4.69) is 32.8 Å². The van der Waals surface area contributed by atoms with Gasteiger partial charge in [-0.3, -0.25) is 14.5 Å². The number of nitriles is 1. The number of piperazine rings is 1. The van der Waals surface area contributed by atoms with Crippen molar-refractivity contribution in [1.29, 1.82) is 5.26 Å². The second-order valence-electron chi connectivity index (χ2n) is 9.97. The van der Waals surface area contributed by atoms with E-state index in [1.54, 1.807) is 38.4 Å². The Morgan fingerprint density at radius 1 is 1.13 bits per heavy atom. The highest BCUT2D eigenvalue weighted by atomic mass is 19.1. The first-order chi connectivity index (χ1) is 18.8. The summed E-state index contributed by atoms with van der Waals surface area (Å²) in [5, 5.41) is 9.47. The quantitative estimate of drug-likeness (QED) is 0.376. The number of halogens is 1. The number of nitrogens with zero attached hydrogens (tertiary/aromatic N) is 7. The SMILES string of the molecule is COC[C@@H]1CN(c2nc(=O)n(C)c3ccc(C#N)nc23)[C@@H](C)CN1C(c1ccc(F)cc1)c1ccc(C)cn1. The zero-order valence-electron chi connectivity index (χ0n) is 22.4. The molecule has 10 heteroatoms. The van der Waals surface area contributed by atoms with Crippen LogP contribution < -0.4 is 10.6 Å². The molecule has 3 aromatic heterocycles. The molecule has 0 aliphatic carbocycles. The summed E-state index contributed by atoms with van der Waals surface area (Å²) in [4.78, 5) is 30.9. The molecule has 0 radical (unpaired) electrons. The summed E-state index contributed by atoms with van der Waals surface area (Å²) in [5.41, 5.74) is 3.80. The zero-order chi connectivity index (χ0) is 27.7. The number of hydrogen-bond acceptors (Lipinski definition) is 8. The minimum atomic E-state index is -0.394. The van der Waals surface area contributed by atoms with Crippen LogP contribution in [0.3, 0.4) is 0 Å². The van der Waals surface area contributed by atoms with Gasteiger partial charge in [-0.25, -0.2) is 14.2 Å². The topological polar surface area (TPSA) is 100 Å². The van der Waals surface area contributed by atoms with Crippen LogP contribution in [0.5, 0.6) is 0 Å². The summed E-state index contributed by atoms with van der Waals surface area (Å²) in [5.74, 6) is 0.152. The molecule has 5 rings (SSSR count).